The Hall–Kier alpha value is -1.09. The van der Waals surface area contributed by atoms with Crippen molar-refractivity contribution in [1.82, 2.24) is 0 Å². The molecule has 1 aromatic carbocycles. The molecule has 0 aromatic heterocycles. The van der Waals surface area contributed by atoms with E-state index in [0.29, 0.717) is 18.4 Å². The van der Waals surface area contributed by atoms with Crippen LogP contribution in [0.25, 0.3) is 0 Å². The van der Waals surface area contributed by atoms with Gasteiger partial charge in [0.05, 0.1) is 5.69 Å². The highest BCUT2D eigenvalue weighted by atomic mass is 19.1. The number of nitrogens with two attached hydrogens (primary N) is 1. The third-order valence-corrected chi connectivity index (χ3v) is 3.77. The summed E-state index contributed by atoms with van der Waals surface area (Å²) in [5.41, 5.74) is 7.19. The summed E-state index contributed by atoms with van der Waals surface area (Å²) >= 11 is 0. The first-order valence-corrected chi connectivity index (χ1v) is 6.35. The Morgan fingerprint density at radius 3 is 2.47 bits per heavy atom. The third-order valence-electron chi connectivity index (χ3n) is 3.77. The summed E-state index contributed by atoms with van der Waals surface area (Å²) in [7, 11) is 0. The molecule has 3 heteroatoms. The maximum atomic E-state index is 14.0. The quantitative estimate of drug-likeness (QED) is 0.873. The first-order chi connectivity index (χ1) is 8.11. The molecule has 2 N–H and O–H groups in total. The predicted molar refractivity (Wildman–Crippen MR) is 69.7 cm³/mol. The number of benzene rings is 1. The van der Waals surface area contributed by atoms with Crippen molar-refractivity contribution in [3.8, 4) is 0 Å². The lowest BCUT2D eigenvalue weighted by Crippen LogP contribution is -2.20. The van der Waals surface area contributed by atoms with E-state index in [4.69, 9.17) is 5.73 Å². The van der Waals surface area contributed by atoms with Crippen LogP contribution in [0.1, 0.15) is 19.4 Å². The van der Waals surface area contributed by atoms with Gasteiger partial charge in [0.15, 0.2) is 0 Å². The molecule has 94 valence electrons. The number of hydrogen-bond acceptors (Lipinski definition) is 2. The van der Waals surface area contributed by atoms with Crippen LogP contribution in [0.3, 0.4) is 0 Å². The number of anilines is 1. The second kappa shape index (κ2) is 5.05. The molecule has 2 unspecified atom stereocenters. The maximum absolute atomic E-state index is 14.0. The highest BCUT2D eigenvalue weighted by Gasteiger charge is 2.27. The molecule has 0 aliphatic carbocycles. The fraction of sp³-hybridized carbons (Fsp3) is 0.571. The first kappa shape index (κ1) is 12.4. The Morgan fingerprint density at radius 2 is 1.94 bits per heavy atom. The normalized spacial score (nSPS) is 24.4. The first-order valence-electron chi connectivity index (χ1n) is 6.35. The van der Waals surface area contributed by atoms with E-state index in [1.165, 1.54) is 0 Å². The fourth-order valence-electron chi connectivity index (χ4n) is 2.46. The van der Waals surface area contributed by atoms with Crippen LogP contribution in [-0.4, -0.2) is 19.6 Å². The van der Waals surface area contributed by atoms with Gasteiger partial charge in [0.2, 0.25) is 0 Å². The zero-order valence-electron chi connectivity index (χ0n) is 10.6. The molecule has 1 heterocycles. The van der Waals surface area contributed by atoms with E-state index in [1.54, 1.807) is 6.07 Å². The Labute approximate surface area is 103 Å². The molecule has 2 nitrogen and oxygen atoms in total. The largest absolute Gasteiger partial charge is 0.369 e. The molecule has 17 heavy (non-hydrogen) atoms. The molecule has 0 radical (unpaired) electrons. The van der Waals surface area contributed by atoms with Crippen molar-refractivity contribution in [2.75, 3.05) is 24.5 Å². The van der Waals surface area contributed by atoms with Crippen LogP contribution in [-0.2, 0) is 6.42 Å². The number of rotatable bonds is 3. The Morgan fingerprint density at radius 1 is 1.29 bits per heavy atom. The van der Waals surface area contributed by atoms with E-state index in [9.17, 15) is 4.39 Å². The molecule has 2 atom stereocenters. The van der Waals surface area contributed by atoms with Crippen LogP contribution in [0, 0.1) is 17.7 Å². The summed E-state index contributed by atoms with van der Waals surface area (Å²) in [6.07, 6.45) is 0.740. The molecular weight excluding hydrogens is 215 g/mol. The Bertz CT molecular complexity index is 382. The van der Waals surface area contributed by atoms with Crippen molar-refractivity contribution in [2.45, 2.75) is 20.3 Å². The minimum atomic E-state index is -0.114. The van der Waals surface area contributed by atoms with Crippen LogP contribution in [0.15, 0.2) is 18.2 Å². The van der Waals surface area contributed by atoms with Gasteiger partial charge in [0.25, 0.3) is 0 Å². The maximum Gasteiger partial charge on any atom is 0.146 e. The van der Waals surface area contributed by atoms with Gasteiger partial charge >= 0.3 is 0 Å². The van der Waals surface area contributed by atoms with Crippen LogP contribution < -0.4 is 10.6 Å². The molecule has 1 aromatic rings. The molecule has 0 spiro atoms. The standard InChI is InChI=1S/C14H21FN2/c1-10-8-17(9-11(10)2)14-4-3-12(5-6-16)7-13(14)15/h3-4,7,10-11H,5-6,8-9,16H2,1-2H3. The molecule has 0 saturated carbocycles. The van der Waals surface area contributed by atoms with E-state index in [2.05, 4.69) is 18.7 Å². The smallest absolute Gasteiger partial charge is 0.146 e. The van der Waals surface area contributed by atoms with Crippen LogP contribution in [0.4, 0.5) is 10.1 Å². The fourth-order valence-corrected chi connectivity index (χ4v) is 2.46. The van der Waals surface area contributed by atoms with Gasteiger partial charge in [-0.25, -0.2) is 4.39 Å². The molecule has 1 fully saturated rings. The van der Waals surface area contributed by atoms with Gasteiger partial charge in [-0.3, -0.25) is 0 Å². The van der Waals surface area contributed by atoms with Gasteiger partial charge in [-0.1, -0.05) is 19.9 Å². The van der Waals surface area contributed by atoms with Gasteiger partial charge in [0, 0.05) is 13.1 Å². The second-order valence-corrected chi connectivity index (χ2v) is 5.18. The average molecular weight is 236 g/mol. The highest BCUT2D eigenvalue weighted by molar-refractivity contribution is 5.50. The molecule has 1 saturated heterocycles. The minimum Gasteiger partial charge on any atom is -0.369 e. The zero-order valence-corrected chi connectivity index (χ0v) is 10.6. The van der Waals surface area contributed by atoms with Gasteiger partial charge in [-0.15, -0.1) is 0 Å². The SMILES string of the molecule is CC1CN(c2ccc(CCN)cc2F)CC1C. The van der Waals surface area contributed by atoms with Crippen LogP contribution in [0.2, 0.25) is 0 Å². The van der Waals surface area contributed by atoms with Crippen molar-refractivity contribution >= 4 is 5.69 Å². The Balaban J connectivity index is 2.17. The van der Waals surface area contributed by atoms with Crippen molar-refractivity contribution in [1.29, 1.82) is 0 Å². The summed E-state index contributed by atoms with van der Waals surface area (Å²) in [4.78, 5) is 2.15. The number of hydrogen-bond donors (Lipinski definition) is 1. The molecule has 1 aliphatic heterocycles. The summed E-state index contributed by atoms with van der Waals surface area (Å²) in [5.74, 6) is 1.16. The Kier molecular flexibility index (Phi) is 3.67. The van der Waals surface area contributed by atoms with Gasteiger partial charge in [-0.2, -0.15) is 0 Å². The number of halogens is 1. The van der Waals surface area contributed by atoms with Gasteiger partial charge in [0.1, 0.15) is 5.82 Å². The van der Waals surface area contributed by atoms with E-state index < -0.39 is 0 Å². The van der Waals surface area contributed by atoms with E-state index in [0.717, 1.165) is 30.8 Å². The zero-order chi connectivity index (χ0) is 12.4. The molecule has 0 amide bonds. The lowest BCUT2D eigenvalue weighted by Gasteiger charge is -2.19. The van der Waals surface area contributed by atoms with Crippen molar-refractivity contribution in [3.05, 3.63) is 29.6 Å². The second-order valence-electron chi connectivity index (χ2n) is 5.18. The van der Waals surface area contributed by atoms with Crippen molar-refractivity contribution < 1.29 is 4.39 Å². The average Bonchev–Trinajstić information content (AvgIpc) is 2.59. The van der Waals surface area contributed by atoms with Gasteiger partial charge in [-0.05, 0) is 42.5 Å². The summed E-state index contributed by atoms with van der Waals surface area (Å²) in [6.45, 7) is 6.93. The minimum absolute atomic E-state index is 0.114. The molecule has 0 bridgehead atoms. The molecule has 2 rings (SSSR count). The van der Waals surface area contributed by atoms with E-state index >= 15 is 0 Å². The molecular formula is C14H21FN2. The lowest BCUT2D eigenvalue weighted by atomic mass is 10.0. The third kappa shape index (κ3) is 2.60. The van der Waals surface area contributed by atoms with Crippen LogP contribution >= 0.6 is 0 Å². The lowest BCUT2D eigenvalue weighted by molar-refractivity contribution is 0.494. The van der Waals surface area contributed by atoms with Crippen LogP contribution in [0.5, 0.6) is 0 Å². The van der Waals surface area contributed by atoms with Crippen molar-refractivity contribution in [2.24, 2.45) is 17.6 Å². The highest BCUT2D eigenvalue weighted by Crippen LogP contribution is 2.29. The summed E-state index contributed by atoms with van der Waals surface area (Å²) < 4.78 is 14.0. The summed E-state index contributed by atoms with van der Waals surface area (Å²) in [5, 5.41) is 0. The number of nitrogens with zero attached hydrogens (tertiary/aromatic N) is 1. The van der Waals surface area contributed by atoms with Crippen molar-refractivity contribution in [3.63, 3.8) is 0 Å². The topological polar surface area (TPSA) is 29.3 Å². The summed E-state index contributed by atoms with van der Waals surface area (Å²) in [6, 6.07) is 5.50. The molecule has 1 aliphatic rings. The predicted octanol–water partition coefficient (Wildman–Crippen LogP) is 2.42. The van der Waals surface area contributed by atoms with E-state index in [-0.39, 0.29) is 5.82 Å². The van der Waals surface area contributed by atoms with Gasteiger partial charge < -0.3 is 10.6 Å². The van der Waals surface area contributed by atoms with E-state index in [1.807, 2.05) is 12.1 Å². The monoisotopic (exact) mass is 236 g/mol.